The highest BCUT2D eigenvalue weighted by atomic mass is 19.1. The summed E-state index contributed by atoms with van der Waals surface area (Å²) in [6.07, 6.45) is 5.18. The van der Waals surface area contributed by atoms with E-state index in [0.717, 1.165) is 55.5 Å². The highest BCUT2D eigenvalue weighted by molar-refractivity contribution is 5.86. The van der Waals surface area contributed by atoms with Crippen LogP contribution in [-0.2, 0) is 9.47 Å². The summed E-state index contributed by atoms with van der Waals surface area (Å²) in [6, 6.07) is 8.39. The summed E-state index contributed by atoms with van der Waals surface area (Å²) in [7, 11) is 0. The minimum atomic E-state index is -0.493. The zero-order valence-corrected chi connectivity index (χ0v) is 17.6. The number of anilines is 2. The Kier molecular flexibility index (Phi) is 5.41. The van der Waals surface area contributed by atoms with Crippen LogP contribution in [0.25, 0.3) is 10.9 Å². The second-order valence-electron chi connectivity index (χ2n) is 8.23. The molecule has 2 fully saturated rings. The Hall–Kier alpha value is -2.84. The molecule has 0 spiro atoms. The molecule has 164 valence electrons. The Bertz CT molecular complexity index is 1080. The largest absolute Gasteiger partial charge is 0.452 e. The predicted octanol–water partition coefficient (Wildman–Crippen LogP) is 4.47. The molecule has 2 aliphatic heterocycles. The van der Waals surface area contributed by atoms with Gasteiger partial charge < -0.3 is 24.8 Å². The topological polar surface area (TPSA) is 74.8 Å². The number of morpholine rings is 1. The van der Waals surface area contributed by atoms with Crippen LogP contribution in [-0.4, -0.2) is 42.2 Å². The molecule has 8 heteroatoms. The van der Waals surface area contributed by atoms with Gasteiger partial charge in [0.2, 0.25) is 0 Å². The molecule has 5 rings (SSSR count). The van der Waals surface area contributed by atoms with E-state index in [-0.39, 0.29) is 18.1 Å². The van der Waals surface area contributed by atoms with Gasteiger partial charge in [-0.25, -0.2) is 9.07 Å². The number of hydrogen-bond acceptors (Lipinski definition) is 6. The average molecular weight is 426 g/mol. The maximum atomic E-state index is 14.5. The van der Waals surface area contributed by atoms with Crippen LogP contribution in [0.5, 0.6) is 11.5 Å². The number of rotatable bonds is 4. The van der Waals surface area contributed by atoms with Crippen LogP contribution in [0.15, 0.2) is 36.5 Å². The average Bonchev–Trinajstić information content (AvgIpc) is 3.19. The fraction of sp³-hybridized carbons (Fsp3) is 0.435. The van der Waals surface area contributed by atoms with Crippen LogP contribution in [0, 0.1) is 5.82 Å². The van der Waals surface area contributed by atoms with Crippen molar-refractivity contribution in [2.24, 2.45) is 0 Å². The fourth-order valence-corrected chi connectivity index (χ4v) is 4.22. The van der Waals surface area contributed by atoms with Gasteiger partial charge in [-0.1, -0.05) is 0 Å². The molecule has 2 aliphatic rings. The smallest absolute Gasteiger partial charge is 0.167 e. The third-order valence-electron chi connectivity index (χ3n) is 5.81. The molecule has 31 heavy (non-hydrogen) atoms. The van der Waals surface area contributed by atoms with Crippen molar-refractivity contribution in [3.05, 3.63) is 42.3 Å². The van der Waals surface area contributed by atoms with E-state index in [4.69, 9.17) is 25.0 Å². The Morgan fingerprint density at radius 2 is 2.03 bits per heavy atom. The van der Waals surface area contributed by atoms with Crippen LogP contribution in [0.1, 0.15) is 32.4 Å². The molecule has 2 saturated heterocycles. The zero-order valence-electron chi connectivity index (χ0n) is 17.6. The number of benzene rings is 2. The number of ether oxygens (including phenoxy) is 3. The molecule has 3 aromatic rings. The number of nitrogens with two attached hydrogens (primary N) is 1. The van der Waals surface area contributed by atoms with E-state index in [9.17, 15) is 4.39 Å². The molecule has 1 aromatic heterocycles. The van der Waals surface area contributed by atoms with E-state index < -0.39 is 5.82 Å². The van der Waals surface area contributed by atoms with Crippen molar-refractivity contribution in [1.29, 1.82) is 0 Å². The molecule has 2 N–H and O–H groups in total. The summed E-state index contributed by atoms with van der Waals surface area (Å²) >= 11 is 0. The van der Waals surface area contributed by atoms with Crippen LogP contribution >= 0.6 is 0 Å². The van der Waals surface area contributed by atoms with Crippen molar-refractivity contribution in [2.45, 2.75) is 38.5 Å². The Morgan fingerprint density at radius 3 is 2.81 bits per heavy atom. The molecule has 1 unspecified atom stereocenters. The number of aromatic nitrogens is 2. The zero-order chi connectivity index (χ0) is 21.4. The van der Waals surface area contributed by atoms with Gasteiger partial charge in [-0.2, -0.15) is 5.10 Å². The van der Waals surface area contributed by atoms with Gasteiger partial charge in [0.05, 0.1) is 23.9 Å². The molecular formula is C23H27FN4O3. The summed E-state index contributed by atoms with van der Waals surface area (Å²) in [5.41, 5.74) is 7.77. The molecule has 0 saturated carbocycles. The van der Waals surface area contributed by atoms with Crippen LogP contribution in [0.2, 0.25) is 0 Å². The maximum absolute atomic E-state index is 14.5. The van der Waals surface area contributed by atoms with Crippen molar-refractivity contribution in [3.8, 4) is 11.5 Å². The number of nitrogen functional groups attached to an aromatic ring is 1. The number of fused-ring (bicyclic) bond motifs is 1. The van der Waals surface area contributed by atoms with E-state index in [1.807, 2.05) is 29.9 Å². The van der Waals surface area contributed by atoms with Gasteiger partial charge in [-0.3, -0.25) is 0 Å². The predicted molar refractivity (Wildman–Crippen MR) is 117 cm³/mol. The maximum Gasteiger partial charge on any atom is 0.167 e. The molecule has 7 nitrogen and oxygen atoms in total. The fourth-order valence-electron chi connectivity index (χ4n) is 4.22. The molecular weight excluding hydrogens is 399 g/mol. The highest BCUT2D eigenvalue weighted by Gasteiger charge is 2.23. The summed E-state index contributed by atoms with van der Waals surface area (Å²) in [6.45, 7) is 4.86. The first-order valence-corrected chi connectivity index (χ1v) is 10.8. The molecule has 0 radical (unpaired) electrons. The van der Waals surface area contributed by atoms with Crippen molar-refractivity contribution in [2.75, 3.05) is 36.9 Å². The summed E-state index contributed by atoms with van der Waals surface area (Å²) < 4.78 is 34.0. The lowest BCUT2D eigenvalue weighted by atomic mass is 10.1. The van der Waals surface area contributed by atoms with E-state index in [1.165, 1.54) is 6.07 Å². The van der Waals surface area contributed by atoms with Crippen LogP contribution in [0.4, 0.5) is 15.8 Å². The number of hydrogen-bond donors (Lipinski definition) is 1. The minimum absolute atomic E-state index is 0.0491. The van der Waals surface area contributed by atoms with E-state index >= 15 is 0 Å². The van der Waals surface area contributed by atoms with Gasteiger partial charge in [0.1, 0.15) is 6.23 Å². The first-order chi connectivity index (χ1) is 15.1. The van der Waals surface area contributed by atoms with Gasteiger partial charge in [-0.05, 0) is 50.5 Å². The molecule has 2 atom stereocenters. The number of nitrogens with zero attached hydrogens (tertiary/aromatic N) is 3. The van der Waals surface area contributed by atoms with Crippen molar-refractivity contribution >= 4 is 22.3 Å². The second-order valence-corrected chi connectivity index (χ2v) is 8.23. The first kappa shape index (κ1) is 20.1. The van der Waals surface area contributed by atoms with Crippen molar-refractivity contribution in [1.82, 2.24) is 9.78 Å². The Balaban J connectivity index is 1.55. The Morgan fingerprint density at radius 1 is 1.13 bits per heavy atom. The van der Waals surface area contributed by atoms with Gasteiger partial charge in [0.25, 0.3) is 0 Å². The van der Waals surface area contributed by atoms with Gasteiger partial charge >= 0.3 is 0 Å². The molecule has 3 heterocycles. The first-order valence-electron chi connectivity index (χ1n) is 10.8. The second kappa shape index (κ2) is 8.36. The SMILES string of the molecule is C[C@@H]1CN(c2cc3nn(C4CCCCO4)cc3cc2Oc2ccc(N)cc2F)CCO1. The minimum Gasteiger partial charge on any atom is -0.452 e. The van der Waals surface area contributed by atoms with Crippen molar-refractivity contribution < 1.29 is 18.6 Å². The van der Waals surface area contributed by atoms with E-state index in [0.29, 0.717) is 18.0 Å². The van der Waals surface area contributed by atoms with Gasteiger partial charge in [0, 0.05) is 43.0 Å². The van der Waals surface area contributed by atoms with Crippen molar-refractivity contribution in [3.63, 3.8) is 0 Å². The molecule has 0 bridgehead atoms. The van der Waals surface area contributed by atoms with Crippen LogP contribution in [0.3, 0.4) is 0 Å². The molecule has 0 amide bonds. The van der Waals surface area contributed by atoms with E-state index in [1.54, 1.807) is 12.1 Å². The molecule has 0 aliphatic carbocycles. The quantitative estimate of drug-likeness (QED) is 0.621. The standard InChI is InChI=1S/C23H27FN4O3/c1-15-13-27(7-9-29-15)20-12-19-16(14-28(26-19)23-4-2-3-8-30-23)10-22(20)31-21-6-5-17(25)11-18(21)24/h5-6,10-12,14-15,23H,2-4,7-9,13,25H2,1H3/t15-,23?/m1/s1. The third kappa shape index (κ3) is 4.18. The monoisotopic (exact) mass is 426 g/mol. The summed E-state index contributed by atoms with van der Waals surface area (Å²) in [5, 5.41) is 5.70. The van der Waals surface area contributed by atoms with Crippen LogP contribution < -0.4 is 15.4 Å². The lowest BCUT2D eigenvalue weighted by Crippen LogP contribution is -2.41. The summed E-state index contributed by atoms with van der Waals surface area (Å²) in [5.74, 6) is 0.223. The lowest BCUT2D eigenvalue weighted by molar-refractivity contribution is -0.0390. The summed E-state index contributed by atoms with van der Waals surface area (Å²) in [4.78, 5) is 2.20. The third-order valence-corrected chi connectivity index (χ3v) is 5.81. The molecule has 2 aromatic carbocycles. The lowest BCUT2D eigenvalue weighted by Gasteiger charge is -2.33. The highest BCUT2D eigenvalue weighted by Crippen LogP contribution is 2.38. The van der Waals surface area contributed by atoms with Gasteiger partial charge in [0.15, 0.2) is 17.3 Å². The normalized spacial score (nSPS) is 22.1. The van der Waals surface area contributed by atoms with E-state index in [2.05, 4.69) is 4.90 Å². The Labute approximate surface area is 180 Å². The number of halogens is 1. The van der Waals surface area contributed by atoms with Gasteiger partial charge in [-0.15, -0.1) is 0 Å².